The molecule has 0 unspecified atom stereocenters. The Balaban J connectivity index is 1.35. The fraction of sp³-hybridized carbons (Fsp3) is 0.100. The van der Waals surface area contributed by atoms with Crippen molar-refractivity contribution in [2.75, 3.05) is 17.2 Å². The molecule has 0 aliphatic rings. The van der Waals surface area contributed by atoms with Gasteiger partial charge in [0.1, 0.15) is 6.33 Å². The number of carbonyl (C=O) groups is 1. The number of fused-ring (bicyclic) bond motifs is 1. The summed E-state index contributed by atoms with van der Waals surface area (Å²) >= 11 is 0. The molecule has 0 spiro atoms. The van der Waals surface area contributed by atoms with Gasteiger partial charge in [-0.1, -0.05) is 12.1 Å². The van der Waals surface area contributed by atoms with Crippen LogP contribution in [0.1, 0.15) is 6.42 Å². The first-order chi connectivity index (χ1) is 13.3. The molecule has 134 valence electrons. The second-order valence-corrected chi connectivity index (χ2v) is 5.95. The lowest BCUT2D eigenvalue weighted by Crippen LogP contribution is -2.16. The number of hydrogen-bond donors (Lipinski definition) is 2. The molecule has 7 heteroatoms. The van der Waals surface area contributed by atoms with E-state index in [-0.39, 0.29) is 5.91 Å². The average molecular weight is 358 g/mol. The standard InChI is InChI=1S/C20H18N6O/c27-19(10-13-23-20-21-11-3-12-22-20)25-15-6-8-16(9-7-15)26-14-24-17-4-1-2-5-18(17)26/h1-9,11-12,14H,10,13H2,(H,25,27)(H,21,22,23). The number of amides is 1. The quantitative estimate of drug-likeness (QED) is 0.553. The molecule has 0 saturated heterocycles. The third-order valence-corrected chi connectivity index (χ3v) is 4.08. The fourth-order valence-electron chi connectivity index (χ4n) is 2.77. The van der Waals surface area contributed by atoms with Crippen LogP contribution in [0.15, 0.2) is 73.3 Å². The van der Waals surface area contributed by atoms with Crippen LogP contribution in [0.5, 0.6) is 0 Å². The number of hydrogen-bond acceptors (Lipinski definition) is 5. The van der Waals surface area contributed by atoms with Crippen molar-refractivity contribution in [3.05, 3.63) is 73.3 Å². The van der Waals surface area contributed by atoms with Gasteiger partial charge < -0.3 is 10.6 Å². The van der Waals surface area contributed by atoms with E-state index in [9.17, 15) is 4.79 Å². The van der Waals surface area contributed by atoms with Gasteiger partial charge in [0, 0.05) is 36.7 Å². The maximum Gasteiger partial charge on any atom is 0.226 e. The highest BCUT2D eigenvalue weighted by Crippen LogP contribution is 2.19. The van der Waals surface area contributed by atoms with Crippen LogP contribution in [-0.2, 0) is 4.79 Å². The number of nitrogens with zero attached hydrogens (tertiary/aromatic N) is 4. The molecule has 4 aromatic rings. The van der Waals surface area contributed by atoms with Crippen molar-refractivity contribution in [1.82, 2.24) is 19.5 Å². The molecule has 0 bridgehead atoms. The summed E-state index contributed by atoms with van der Waals surface area (Å²) in [5.41, 5.74) is 3.74. The minimum atomic E-state index is -0.0701. The van der Waals surface area contributed by atoms with Gasteiger partial charge in [-0.15, -0.1) is 0 Å². The summed E-state index contributed by atoms with van der Waals surface area (Å²) in [6, 6.07) is 17.4. The van der Waals surface area contributed by atoms with Crippen molar-refractivity contribution in [3.8, 4) is 5.69 Å². The molecule has 2 heterocycles. The Morgan fingerprint density at radius 3 is 2.52 bits per heavy atom. The van der Waals surface area contributed by atoms with Crippen molar-refractivity contribution >= 4 is 28.6 Å². The van der Waals surface area contributed by atoms with Gasteiger partial charge in [-0.2, -0.15) is 0 Å². The van der Waals surface area contributed by atoms with Gasteiger partial charge in [-0.25, -0.2) is 15.0 Å². The van der Waals surface area contributed by atoms with Crippen molar-refractivity contribution in [1.29, 1.82) is 0 Å². The Bertz CT molecular complexity index is 1040. The second kappa shape index (κ2) is 7.65. The summed E-state index contributed by atoms with van der Waals surface area (Å²) in [6.45, 7) is 0.467. The molecule has 0 saturated carbocycles. The molecular formula is C20H18N6O. The van der Waals surface area contributed by atoms with E-state index < -0.39 is 0 Å². The van der Waals surface area contributed by atoms with Crippen LogP contribution in [0.25, 0.3) is 16.7 Å². The molecular weight excluding hydrogens is 340 g/mol. The van der Waals surface area contributed by atoms with Crippen molar-refractivity contribution in [2.45, 2.75) is 6.42 Å². The molecule has 1 amide bonds. The van der Waals surface area contributed by atoms with Gasteiger partial charge >= 0.3 is 0 Å². The predicted molar refractivity (Wildman–Crippen MR) is 105 cm³/mol. The number of anilines is 2. The average Bonchev–Trinajstić information content (AvgIpc) is 3.14. The van der Waals surface area contributed by atoms with E-state index in [1.54, 1.807) is 24.8 Å². The summed E-state index contributed by atoms with van der Waals surface area (Å²) < 4.78 is 2.02. The summed E-state index contributed by atoms with van der Waals surface area (Å²) in [4.78, 5) is 24.6. The first-order valence-corrected chi connectivity index (χ1v) is 8.63. The van der Waals surface area contributed by atoms with Crippen LogP contribution in [0.3, 0.4) is 0 Å². The molecule has 4 rings (SSSR count). The van der Waals surface area contributed by atoms with Crippen LogP contribution < -0.4 is 10.6 Å². The van der Waals surface area contributed by atoms with Crippen LogP contribution >= 0.6 is 0 Å². The van der Waals surface area contributed by atoms with E-state index in [2.05, 4.69) is 25.6 Å². The first kappa shape index (κ1) is 16.7. The Morgan fingerprint density at radius 2 is 1.70 bits per heavy atom. The second-order valence-electron chi connectivity index (χ2n) is 5.95. The highest BCUT2D eigenvalue weighted by Gasteiger charge is 2.06. The fourth-order valence-corrected chi connectivity index (χ4v) is 2.77. The molecule has 27 heavy (non-hydrogen) atoms. The van der Waals surface area contributed by atoms with Gasteiger partial charge in [-0.3, -0.25) is 9.36 Å². The summed E-state index contributed by atoms with van der Waals surface area (Å²) in [6.07, 6.45) is 5.43. The highest BCUT2D eigenvalue weighted by atomic mass is 16.1. The minimum absolute atomic E-state index is 0.0701. The Labute approximate surface area is 156 Å². The third-order valence-electron chi connectivity index (χ3n) is 4.08. The summed E-state index contributed by atoms with van der Waals surface area (Å²) in [5.74, 6) is 0.446. The molecule has 0 fully saturated rings. The number of para-hydroxylation sites is 2. The van der Waals surface area contributed by atoms with E-state index in [1.165, 1.54) is 0 Å². The summed E-state index contributed by atoms with van der Waals surface area (Å²) in [5, 5.41) is 5.91. The van der Waals surface area contributed by atoms with Gasteiger partial charge in [0.25, 0.3) is 0 Å². The van der Waals surface area contributed by atoms with E-state index >= 15 is 0 Å². The molecule has 2 N–H and O–H groups in total. The lowest BCUT2D eigenvalue weighted by Gasteiger charge is -2.08. The van der Waals surface area contributed by atoms with Crippen molar-refractivity contribution in [2.24, 2.45) is 0 Å². The number of imidazole rings is 1. The third kappa shape index (κ3) is 3.92. The van der Waals surface area contributed by atoms with Gasteiger partial charge in [0.2, 0.25) is 11.9 Å². The Hall–Kier alpha value is -3.74. The lowest BCUT2D eigenvalue weighted by atomic mass is 10.2. The van der Waals surface area contributed by atoms with Crippen LogP contribution in [0, 0.1) is 0 Å². The van der Waals surface area contributed by atoms with Crippen LogP contribution in [0.4, 0.5) is 11.6 Å². The number of nitrogens with one attached hydrogen (secondary N) is 2. The molecule has 0 atom stereocenters. The zero-order valence-electron chi connectivity index (χ0n) is 14.5. The topological polar surface area (TPSA) is 84.7 Å². The van der Waals surface area contributed by atoms with Crippen LogP contribution in [-0.4, -0.2) is 32.0 Å². The smallest absolute Gasteiger partial charge is 0.226 e. The van der Waals surface area contributed by atoms with Crippen molar-refractivity contribution < 1.29 is 4.79 Å². The predicted octanol–water partition coefficient (Wildman–Crippen LogP) is 3.26. The normalized spacial score (nSPS) is 10.7. The van der Waals surface area contributed by atoms with Gasteiger partial charge in [0.05, 0.1) is 11.0 Å². The number of rotatable bonds is 6. The summed E-state index contributed by atoms with van der Waals surface area (Å²) in [7, 11) is 0. The van der Waals surface area contributed by atoms with Crippen molar-refractivity contribution in [3.63, 3.8) is 0 Å². The van der Waals surface area contributed by atoms with E-state index in [1.807, 2.05) is 53.1 Å². The molecule has 2 aromatic heterocycles. The van der Waals surface area contributed by atoms with E-state index in [0.29, 0.717) is 18.9 Å². The number of benzene rings is 2. The Kier molecular flexibility index (Phi) is 4.74. The minimum Gasteiger partial charge on any atom is -0.354 e. The molecule has 7 nitrogen and oxygen atoms in total. The zero-order chi connectivity index (χ0) is 18.5. The number of carbonyl (C=O) groups excluding carboxylic acids is 1. The van der Waals surface area contributed by atoms with Gasteiger partial charge in [-0.05, 0) is 42.5 Å². The first-order valence-electron chi connectivity index (χ1n) is 8.63. The van der Waals surface area contributed by atoms with Crippen LogP contribution in [0.2, 0.25) is 0 Å². The molecule has 0 radical (unpaired) electrons. The molecule has 0 aliphatic heterocycles. The Morgan fingerprint density at radius 1 is 0.926 bits per heavy atom. The SMILES string of the molecule is O=C(CCNc1ncccn1)Nc1ccc(-n2cnc3ccccc32)cc1. The van der Waals surface area contributed by atoms with E-state index in [0.717, 1.165) is 22.4 Å². The van der Waals surface area contributed by atoms with Gasteiger partial charge in [0.15, 0.2) is 0 Å². The highest BCUT2D eigenvalue weighted by molar-refractivity contribution is 5.91. The molecule has 0 aliphatic carbocycles. The largest absolute Gasteiger partial charge is 0.354 e. The monoisotopic (exact) mass is 358 g/mol. The lowest BCUT2D eigenvalue weighted by molar-refractivity contribution is -0.115. The maximum absolute atomic E-state index is 12.1. The van der Waals surface area contributed by atoms with E-state index in [4.69, 9.17) is 0 Å². The number of aromatic nitrogens is 4. The maximum atomic E-state index is 12.1. The molecule has 2 aromatic carbocycles. The zero-order valence-corrected chi connectivity index (χ0v) is 14.5.